The lowest BCUT2D eigenvalue weighted by molar-refractivity contribution is 0.840. The summed E-state index contributed by atoms with van der Waals surface area (Å²) in [5.41, 5.74) is 1.89. The van der Waals surface area contributed by atoms with Crippen molar-refractivity contribution in [3.8, 4) is 0 Å². The van der Waals surface area contributed by atoms with E-state index < -0.39 is 0 Å². The van der Waals surface area contributed by atoms with Gasteiger partial charge in [-0.05, 0) is 42.3 Å². The van der Waals surface area contributed by atoms with Gasteiger partial charge in [-0.15, -0.1) is 5.10 Å². The van der Waals surface area contributed by atoms with Crippen LogP contribution in [0.25, 0.3) is 0 Å². The lowest BCUT2D eigenvalue weighted by Crippen LogP contribution is -2.22. The molecule has 0 unspecified atom stereocenters. The van der Waals surface area contributed by atoms with Gasteiger partial charge in [0, 0.05) is 31.0 Å². The number of pyridine rings is 1. The van der Waals surface area contributed by atoms with Crippen LogP contribution < -0.4 is 10.2 Å². The molecule has 6 nitrogen and oxygen atoms in total. The highest BCUT2D eigenvalue weighted by molar-refractivity contribution is 6.36. The van der Waals surface area contributed by atoms with E-state index in [1.54, 1.807) is 36.8 Å². The van der Waals surface area contributed by atoms with Crippen molar-refractivity contribution in [1.29, 1.82) is 0 Å². The molecule has 25 heavy (non-hydrogen) atoms. The van der Waals surface area contributed by atoms with Gasteiger partial charge in [-0.3, -0.25) is 4.98 Å². The molecule has 0 bridgehead atoms. The number of benzene rings is 1. The maximum Gasteiger partial charge on any atom is 0.249 e. The third kappa shape index (κ3) is 4.78. The van der Waals surface area contributed by atoms with Gasteiger partial charge in [0.05, 0.1) is 16.9 Å². The molecular formula is C17H16Cl2N6. The molecule has 0 aliphatic carbocycles. The monoisotopic (exact) mass is 374 g/mol. The summed E-state index contributed by atoms with van der Waals surface area (Å²) in [7, 11) is 1.96. The van der Waals surface area contributed by atoms with Crippen molar-refractivity contribution in [2.45, 2.75) is 6.42 Å². The number of anilines is 3. The Balaban J connectivity index is 1.68. The molecule has 3 aromatic rings. The number of aromatic nitrogens is 4. The van der Waals surface area contributed by atoms with Crippen LogP contribution >= 0.6 is 23.2 Å². The minimum Gasteiger partial charge on any atom is -0.358 e. The highest BCUT2D eigenvalue weighted by Gasteiger charge is 2.08. The van der Waals surface area contributed by atoms with Crippen molar-refractivity contribution in [1.82, 2.24) is 20.2 Å². The lowest BCUT2D eigenvalue weighted by atomic mass is 10.2. The molecule has 0 aliphatic heterocycles. The van der Waals surface area contributed by atoms with Crippen LogP contribution in [0, 0.1) is 0 Å². The number of hydrogen-bond donors (Lipinski definition) is 1. The fraction of sp³-hybridized carbons (Fsp3) is 0.176. The van der Waals surface area contributed by atoms with Crippen molar-refractivity contribution in [2.75, 3.05) is 23.8 Å². The molecule has 0 aliphatic rings. The van der Waals surface area contributed by atoms with E-state index in [9.17, 15) is 0 Å². The van der Waals surface area contributed by atoms with Gasteiger partial charge in [0.2, 0.25) is 5.95 Å². The summed E-state index contributed by atoms with van der Waals surface area (Å²) >= 11 is 12.1. The van der Waals surface area contributed by atoms with E-state index in [4.69, 9.17) is 23.2 Å². The van der Waals surface area contributed by atoms with E-state index in [1.807, 2.05) is 24.1 Å². The van der Waals surface area contributed by atoms with Crippen LogP contribution in [0.1, 0.15) is 5.56 Å². The van der Waals surface area contributed by atoms with E-state index in [1.165, 1.54) is 5.56 Å². The highest BCUT2D eigenvalue weighted by Crippen LogP contribution is 2.27. The molecule has 0 radical (unpaired) electrons. The quantitative estimate of drug-likeness (QED) is 0.703. The smallest absolute Gasteiger partial charge is 0.249 e. The fourth-order valence-electron chi connectivity index (χ4n) is 2.20. The molecule has 0 saturated carbocycles. The Morgan fingerprint density at radius 1 is 1.12 bits per heavy atom. The van der Waals surface area contributed by atoms with Crippen molar-refractivity contribution < 1.29 is 0 Å². The first-order valence-corrected chi connectivity index (χ1v) is 8.39. The summed E-state index contributed by atoms with van der Waals surface area (Å²) in [6.45, 7) is 0.795. The van der Waals surface area contributed by atoms with Gasteiger partial charge in [-0.1, -0.05) is 23.2 Å². The van der Waals surface area contributed by atoms with Crippen LogP contribution in [0.3, 0.4) is 0 Å². The maximum absolute atomic E-state index is 6.16. The molecule has 2 heterocycles. The number of likely N-dealkylation sites (N-methyl/N-ethyl adjacent to an activating group) is 1. The molecule has 0 atom stereocenters. The van der Waals surface area contributed by atoms with Crippen LogP contribution in [0.15, 0.2) is 48.9 Å². The first-order chi connectivity index (χ1) is 12.1. The largest absolute Gasteiger partial charge is 0.358 e. The van der Waals surface area contributed by atoms with Gasteiger partial charge in [0.15, 0.2) is 5.82 Å². The summed E-state index contributed by atoms with van der Waals surface area (Å²) in [4.78, 5) is 10.5. The molecule has 128 valence electrons. The third-order valence-corrected chi connectivity index (χ3v) is 4.15. The summed E-state index contributed by atoms with van der Waals surface area (Å²) in [5.74, 6) is 1.09. The summed E-state index contributed by atoms with van der Waals surface area (Å²) < 4.78 is 0. The van der Waals surface area contributed by atoms with Crippen molar-refractivity contribution in [2.24, 2.45) is 0 Å². The third-order valence-electron chi connectivity index (χ3n) is 3.60. The Bertz CT molecular complexity index is 844. The number of nitrogens with one attached hydrogen (secondary N) is 1. The molecule has 8 heteroatoms. The average Bonchev–Trinajstić information content (AvgIpc) is 2.63. The topological polar surface area (TPSA) is 66.8 Å². The highest BCUT2D eigenvalue weighted by atomic mass is 35.5. The van der Waals surface area contributed by atoms with Gasteiger partial charge in [0.25, 0.3) is 0 Å². The van der Waals surface area contributed by atoms with Crippen molar-refractivity contribution in [3.05, 3.63) is 64.5 Å². The second kappa shape index (κ2) is 8.09. The molecule has 3 rings (SSSR count). The van der Waals surface area contributed by atoms with E-state index in [-0.39, 0.29) is 0 Å². The molecular weight excluding hydrogens is 359 g/mol. The number of halogens is 2. The SMILES string of the molecule is CN(CCc1ccncc1)c1cnnc(Nc2ccc(Cl)cc2Cl)n1. The van der Waals surface area contributed by atoms with E-state index >= 15 is 0 Å². The molecule has 1 aromatic carbocycles. The van der Waals surface area contributed by atoms with Crippen LogP contribution in [-0.4, -0.2) is 33.8 Å². The Morgan fingerprint density at radius 2 is 1.92 bits per heavy atom. The Labute approximate surface area is 155 Å². The standard InChI is InChI=1S/C17H16Cl2N6/c1-25(9-6-12-4-7-20-8-5-12)16-11-21-24-17(23-16)22-15-3-2-13(18)10-14(15)19/h2-5,7-8,10-11H,6,9H2,1H3,(H,22,23,24). The van der Waals surface area contributed by atoms with Gasteiger partial charge in [-0.2, -0.15) is 10.1 Å². The lowest BCUT2D eigenvalue weighted by Gasteiger charge is -2.18. The number of rotatable bonds is 6. The summed E-state index contributed by atoms with van der Waals surface area (Å²) in [6.07, 6.45) is 6.09. The Kier molecular flexibility index (Phi) is 5.63. The van der Waals surface area contributed by atoms with Gasteiger partial charge in [0.1, 0.15) is 0 Å². The van der Waals surface area contributed by atoms with E-state index in [0.29, 0.717) is 21.7 Å². The first-order valence-electron chi connectivity index (χ1n) is 7.63. The minimum absolute atomic E-state index is 0.373. The fourth-order valence-corrected chi connectivity index (χ4v) is 2.66. The average molecular weight is 375 g/mol. The number of nitrogens with zero attached hydrogens (tertiary/aromatic N) is 5. The van der Waals surface area contributed by atoms with Gasteiger partial charge < -0.3 is 10.2 Å². The predicted octanol–water partition coefficient (Wildman–Crippen LogP) is 4.00. The zero-order chi connectivity index (χ0) is 17.6. The normalized spacial score (nSPS) is 10.5. The summed E-state index contributed by atoms with van der Waals surface area (Å²) in [6, 6.07) is 9.18. The molecule has 0 amide bonds. The van der Waals surface area contributed by atoms with E-state index in [0.717, 1.165) is 18.8 Å². The molecule has 1 N–H and O–H groups in total. The van der Waals surface area contributed by atoms with Gasteiger partial charge in [-0.25, -0.2) is 0 Å². The van der Waals surface area contributed by atoms with Crippen LogP contribution in [0.2, 0.25) is 10.0 Å². The van der Waals surface area contributed by atoms with Crippen molar-refractivity contribution in [3.63, 3.8) is 0 Å². The van der Waals surface area contributed by atoms with Crippen LogP contribution in [0.5, 0.6) is 0 Å². The van der Waals surface area contributed by atoms with Crippen LogP contribution in [0.4, 0.5) is 17.5 Å². The van der Waals surface area contributed by atoms with Crippen LogP contribution in [-0.2, 0) is 6.42 Å². The van der Waals surface area contributed by atoms with E-state index in [2.05, 4.69) is 25.5 Å². The van der Waals surface area contributed by atoms with Crippen molar-refractivity contribution >= 4 is 40.7 Å². The second-order valence-electron chi connectivity index (χ2n) is 5.41. The Morgan fingerprint density at radius 3 is 2.68 bits per heavy atom. The zero-order valence-corrected chi connectivity index (χ0v) is 15.0. The molecule has 0 spiro atoms. The molecule has 0 saturated heterocycles. The maximum atomic E-state index is 6.16. The predicted molar refractivity (Wildman–Crippen MR) is 101 cm³/mol. The second-order valence-corrected chi connectivity index (χ2v) is 6.26. The zero-order valence-electron chi connectivity index (χ0n) is 13.5. The first kappa shape index (κ1) is 17.4. The Hall–Kier alpha value is -2.44. The summed E-state index contributed by atoms with van der Waals surface area (Å²) in [5, 5.41) is 12.1. The number of hydrogen-bond acceptors (Lipinski definition) is 6. The molecule has 2 aromatic heterocycles. The molecule has 0 fully saturated rings. The van der Waals surface area contributed by atoms with Gasteiger partial charge >= 0.3 is 0 Å². The minimum atomic E-state index is 0.373.